The van der Waals surface area contributed by atoms with E-state index in [0.29, 0.717) is 24.5 Å². The van der Waals surface area contributed by atoms with Crippen molar-refractivity contribution in [2.75, 3.05) is 25.6 Å². The lowest BCUT2D eigenvalue weighted by Gasteiger charge is -2.20. The van der Waals surface area contributed by atoms with Crippen molar-refractivity contribution in [3.05, 3.63) is 23.8 Å². The van der Waals surface area contributed by atoms with Gasteiger partial charge in [0.2, 0.25) is 0 Å². The van der Waals surface area contributed by atoms with E-state index in [1.165, 1.54) is 7.11 Å². The quantitative estimate of drug-likeness (QED) is 0.621. The third kappa shape index (κ3) is 3.87. The number of esters is 1. The van der Waals surface area contributed by atoms with Gasteiger partial charge in [-0.05, 0) is 12.1 Å². The first-order valence-corrected chi connectivity index (χ1v) is 5.06. The van der Waals surface area contributed by atoms with Crippen molar-refractivity contribution >= 4 is 19.2 Å². The summed E-state index contributed by atoms with van der Waals surface area (Å²) in [4.78, 5) is 11.4. The molecule has 0 bridgehead atoms. The van der Waals surface area contributed by atoms with Crippen LogP contribution in [-0.2, 0) is 4.74 Å². The number of carbonyl (C=O) groups is 1. The fourth-order valence-corrected chi connectivity index (χ4v) is 1.45. The summed E-state index contributed by atoms with van der Waals surface area (Å²) in [7, 11) is -2.30. The van der Waals surface area contributed by atoms with Crippen LogP contribution in [0.25, 0.3) is 0 Å². The molecule has 0 saturated carbocycles. The molecule has 8 heteroatoms. The monoisotopic (exact) mass is 261 g/mol. The Bertz CT molecular complexity index is 415. The molecule has 0 spiro atoms. The molecule has 4 nitrogen and oxygen atoms in total. The maximum Gasteiger partial charge on any atom is 0.762 e. The molecule has 0 aromatic heterocycles. The predicted octanol–water partition coefficient (Wildman–Crippen LogP) is 2.16. The lowest BCUT2D eigenvalue weighted by molar-refractivity contribution is 0.0601. The summed E-state index contributed by atoms with van der Waals surface area (Å²) < 4.78 is 39.1. The molecule has 2 rings (SSSR count). The molecule has 0 amide bonds. The number of methoxy groups -OCH3 is 1. The lowest BCUT2D eigenvalue weighted by atomic mass is 10.1. The van der Waals surface area contributed by atoms with E-state index < -0.39 is 7.54 Å². The Morgan fingerprint density at radius 2 is 2.11 bits per heavy atom. The van der Waals surface area contributed by atoms with Gasteiger partial charge in [0.15, 0.2) is 0 Å². The average Bonchev–Trinajstić information content (AvgIpc) is 2.36. The molecule has 1 aromatic rings. The first-order valence-electron chi connectivity index (χ1n) is 5.06. The zero-order valence-corrected chi connectivity index (χ0v) is 9.58. The van der Waals surface area contributed by atoms with Gasteiger partial charge in [0.25, 0.3) is 0 Å². The molecule has 18 heavy (non-hydrogen) atoms. The van der Waals surface area contributed by atoms with Crippen molar-refractivity contribution in [2.24, 2.45) is 0 Å². The van der Waals surface area contributed by atoms with Crippen LogP contribution < -0.4 is 10.1 Å². The van der Waals surface area contributed by atoms with Crippen molar-refractivity contribution in [3.63, 3.8) is 0 Å². The average molecular weight is 261 g/mol. The Hall–Kier alpha value is -1.86. The highest BCUT2D eigenvalue weighted by Gasteiger charge is 2.18. The van der Waals surface area contributed by atoms with E-state index in [1.54, 1.807) is 12.1 Å². The predicted molar refractivity (Wildman–Crippen MR) is 60.8 cm³/mol. The zero-order valence-electron chi connectivity index (χ0n) is 9.58. The minimum atomic E-state index is -3.67. The summed E-state index contributed by atoms with van der Waals surface area (Å²) in [5, 5.41) is 3.12. The summed E-state index contributed by atoms with van der Waals surface area (Å²) in [6.45, 7) is 1.33. The van der Waals surface area contributed by atoms with Crippen LogP contribution in [0, 0.1) is 0 Å². The molecule has 0 unspecified atom stereocenters. The third-order valence-electron chi connectivity index (χ3n) is 2.09. The van der Waals surface area contributed by atoms with Gasteiger partial charge in [-0.3, -0.25) is 12.9 Å². The van der Waals surface area contributed by atoms with Gasteiger partial charge in [-0.25, -0.2) is 4.79 Å². The highest BCUT2D eigenvalue weighted by Crippen LogP contribution is 2.30. The molecular weight excluding hydrogens is 250 g/mol. The second-order valence-electron chi connectivity index (χ2n) is 3.19. The van der Waals surface area contributed by atoms with E-state index in [-0.39, 0.29) is 5.97 Å². The van der Waals surface area contributed by atoms with E-state index in [0.717, 1.165) is 5.69 Å². The fraction of sp³-hybridized carbons (Fsp3) is 0.300. The topological polar surface area (TPSA) is 47.6 Å². The van der Waals surface area contributed by atoms with Crippen molar-refractivity contribution in [3.8, 4) is 5.75 Å². The number of anilines is 1. The summed E-state index contributed by atoms with van der Waals surface area (Å²) in [6, 6.07) is 5.32. The number of fused-ring (bicyclic) bond motifs is 1. The van der Waals surface area contributed by atoms with Crippen LogP contribution in [0.2, 0.25) is 0 Å². The minimum Gasteiger partial charge on any atom is -0.490 e. The molecule has 1 heterocycles. The van der Waals surface area contributed by atoms with E-state index >= 15 is 0 Å². The number of halogens is 3. The minimum absolute atomic E-state index is 0.347. The molecule has 1 aromatic carbocycles. The number of nitrogens with one attached hydrogen (secondary N) is 1. The first-order chi connectivity index (χ1) is 8.56. The Labute approximate surface area is 102 Å². The first kappa shape index (κ1) is 14.2. The molecule has 0 aliphatic carbocycles. The molecule has 1 aliphatic rings. The Balaban J connectivity index is 0.000000357. The standard InChI is InChI=1S/C10H11NO3.BF3/c1-13-10(12)7-3-2-4-8-9(7)11-5-6-14-8;2-1(3)4/h2-4,11H,5-6H2,1H3;. The van der Waals surface area contributed by atoms with Crippen molar-refractivity contribution < 1.29 is 27.2 Å². The second-order valence-corrected chi connectivity index (χ2v) is 3.19. The van der Waals surface area contributed by atoms with Gasteiger partial charge < -0.3 is 14.8 Å². The van der Waals surface area contributed by atoms with Gasteiger partial charge in [0.05, 0.1) is 18.4 Å². The van der Waals surface area contributed by atoms with E-state index in [9.17, 15) is 17.7 Å². The number of benzene rings is 1. The van der Waals surface area contributed by atoms with Crippen LogP contribution in [0.15, 0.2) is 18.2 Å². The van der Waals surface area contributed by atoms with Crippen LogP contribution in [-0.4, -0.2) is 33.8 Å². The molecule has 0 atom stereocenters. The highest BCUT2D eigenvalue weighted by molar-refractivity contribution is 6.33. The van der Waals surface area contributed by atoms with E-state index in [2.05, 4.69) is 10.1 Å². The van der Waals surface area contributed by atoms with Gasteiger partial charge in [0, 0.05) is 6.54 Å². The number of hydrogen-bond acceptors (Lipinski definition) is 4. The molecule has 0 radical (unpaired) electrons. The number of carbonyl (C=O) groups excluding carboxylic acids is 1. The van der Waals surface area contributed by atoms with Gasteiger partial charge in [0.1, 0.15) is 12.4 Å². The van der Waals surface area contributed by atoms with Gasteiger partial charge in [-0.1, -0.05) is 6.07 Å². The largest absolute Gasteiger partial charge is 0.762 e. The molecular formula is C10H11BF3NO3. The van der Waals surface area contributed by atoms with Crippen molar-refractivity contribution in [1.82, 2.24) is 0 Å². The van der Waals surface area contributed by atoms with E-state index in [4.69, 9.17) is 4.74 Å². The van der Waals surface area contributed by atoms with Crippen LogP contribution >= 0.6 is 0 Å². The van der Waals surface area contributed by atoms with Gasteiger partial charge in [-0.2, -0.15) is 0 Å². The maximum atomic E-state index is 11.4. The number of rotatable bonds is 1. The number of para-hydroxylation sites is 1. The summed E-state index contributed by atoms with van der Waals surface area (Å²) in [5.41, 5.74) is 1.25. The van der Waals surface area contributed by atoms with E-state index in [1.807, 2.05) is 6.07 Å². The molecule has 1 N–H and O–H groups in total. The Morgan fingerprint density at radius 3 is 2.72 bits per heavy atom. The number of ether oxygens (including phenoxy) is 2. The van der Waals surface area contributed by atoms with Crippen molar-refractivity contribution in [2.45, 2.75) is 0 Å². The van der Waals surface area contributed by atoms with Crippen LogP contribution in [0.3, 0.4) is 0 Å². The highest BCUT2D eigenvalue weighted by atomic mass is 19.4. The fourth-order valence-electron chi connectivity index (χ4n) is 1.45. The Kier molecular flexibility index (Phi) is 5.35. The normalized spacial score (nSPS) is 12.0. The van der Waals surface area contributed by atoms with Gasteiger partial charge >= 0.3 is 13.5 Å². The summed E-state index contributed by atoms with van der Waals surface area (Å²) in [6.07, 6.45) is 0. The van der Waals surface area contributed by atoms with Crippen LogP contribution in [0.5, 0.6) is 5.75 Å². The summed E-state index contributed by atoms with van der Waals surface area (Å²) >= 11 is 0. The van der Waals surface area contributed by atoms with Crippen LogP contribution in [0.4, 0.5) is 18.6 Å². The molecule has 0 fully saturated rings. The second kappa shape index (κ2) is 6.78. The molecule has 98 valence electrons. The SMILES string of the molecule is COC(=O)c1cccc2c1NCCO2.FB(F)F. The van der Waals surface area contributed by atoms with Crippen molar-refractivity contribution in [1.29, 1.82) is 0 Å². The zero-order chi connectivity index (χ0) is 13.5. The third-order valence-corrected chi connectivity index (χ3v) is 2.09. The maximum absolute atomic E-state index is 11.4. The van der Waals surface area contributed by atoms with Gasteiger partial charge in [-0.15, -0.1) is 0 Å². The van der Waals surface area contributed by atoms with Crippen LogP contribution in [0.1, 0.15) is 10.4 Å². The summed E-state index contributed by atoms with van der Waals surface area (Å²) in [5.74, 6) is 0.360. The molecule has 0 saturated heterocycles. The smallest absolute Gasteiger partial charge is 0.490 e. The number of hydrogen-bond donors (Lipinski definition) is 1. The Morgan fingerprint density at radius 1 is 1.44 bits per heavy atom. The molecule has 1 aliphatic heterocycles. The lowest BCUT2D eigenvalue weighted by Crippen LogP contribution is -2.20.